The minimum absolute atomic E-state index is 0.0526. The van der Waals surface area contributed by atoms with E-state index in [1.165, 1.54) is 19.1 Å². The number of methoxy groups -OCH3 is 1. The highest BCUT2D eigenvalue weighted by Crippen LogP contribution is 2.31. The van der Waals surface area contributed by atoms with E-state index in [-0.39, 0.29) is 30.3 Å². The van der Waals surface area contributed by atoms with Crippen LogP contribution >= 0.6 is 0 Å². The molecule has 1 aromatic carbocycles. The van der Waals surface area contributed by atoms with Gasteiger partial charge in [0.2, 0.25) is 5.91 Å². The zero-order valence-corrected chi connectivity index (χ0v) is 13.3. The Morgan fingerprint density at radius 1 is 1.09 bits per heavy atom. The summed E-state index contributed by atoms with van der Waals surface area (Å²) in [6.07, 6.45) is 6.73. The smallest absolute Gasteiger partial charge is 0.306 e. The van der Waals surface area contributed by atoms with Crippen molar-refractivity contribution in [2.45, 2.75) is 56.9 Å². The molecule has 0 aliphatic heterocycles. The summed E-state index contributed by atoms with van der Waals surface area (Å²) in [6.45, 7) is 0. The first kappa shape index (κ1) is 16.5. The Morgan fingerprint density at radius 2 is 1.77 bits per heavy atom. The van der Waals surface area contributed by atoms with E-state index in [1.54, 1.807) is 0 Å². The van der Waals surface area contributed by atoms with Gasteiger partial charge in [0.15, 0.2) is 0 Å². The zero-order valence-electron chi connectivity index (χ0n) is 13.3. The molecule has 0 atom stereocenters. The predicted octanol–water partition coefficient (Wildman–Crippen LogP) is 3.00. The quantitative estimate of drug-likeness (QED) is 0.822. The molecule has 1 aliphatic rings. The molecule has 1 aliphatic carbocycles. The van der Waals surface area contributed by atoms with Gasteiger partial charge in [-0.05, 0) is 24.8 Å². The van der Waals surface area contributed by atoms with Gasteiger partial charge in [-0.25, -0.2) is 0 Å². The molecule has 120 valence electrons. The van der Waals surface area contributed by atoms with Crippen molar-refractivity contribution < 1.29 is 14.3 Å². The van der Waals surface area contributed by atoms with Crippen LogP contribution in [0.15, 0.2) is 30.3 Å². The molecule has 1 saturated carbocycles. The van der Waals surface area contributed by atoms with Gasteiger partial charge < -0.3 is 10.1 Å². The van der Waals surface area contributed by atoms with Crippen LogP contribution in [0.3, 0.4) is 0 Å². The third-order valence-corrected chi connectivity index (χ3v) is 4.38. The molecular formula is C18H25NO3. The Labute approximate surface area is 132 Å². The van der Waals surface area contributed by atoms with Crippen molar-refractivity contribution in [3.05, 3.63) is 35.9 Å². The second kappa shape index (κ2) is 7.97. The zero-order chi connectivity index (χ0) is 15.8. The van der Waals surface area contributed by atoms with Gasteiger partial charge in [0.05, 0.1) is 13.5 Å². The largest absolute Gasteiger partial charge is 0.469 e. The normalized spacial score (nSPS) is 16.8. The van der Waals surface area contributed by atoms with E-state index in [2.05, 4.69) is 22.2 Å². The van der Waals surface area contributed by atoms with Crippen molar-refractivity contribution in [1.82, 2.24) is 5.32 Å². The average molecular weight is 303 g/mol. The SMILES string of the molecule is COC(=O)CCC(=O)NC1(Cc2ccccc2)CCCCC1. The average Bonchev–Trinajstić information content (AvgIpc) is 2.54. The van der Waals surface area contributed by atoms with Crippen molar-refractivity contribution in [3.63, 3.8) is 0 Å². The maximum absolute atomic E-state index is 12.2. The van der Waals surface area contributed by atoms with E-state index in [9.17, 15) is 9.59 Å². The molecule has 0 heterocycles. The number of hydrogen-bond acceptors (Lipinski definition) is 3. The first-order chi connectivity index (χ1) is 10.6. The number of esters is 1. The van der Waals surface area contributed by atoms with E-state index in [0.29, 0.717) is 0 Å². The van der Waals surface area contributed by atoms with Crippen LogP contribution in [0.25, 0.3) is 0 Å². The lowest BCUT2D eigenvalue weighted by Gasteiger charge is -2.38. The van der Waals surface area contributed by atoms with Gasteiger partial charge in [0, 0.05) is 12.0 Å². The number of hydrogen-bond donors (Lipinski definition) is 1. The molecule has 4 heteroatoms. The second-order valence-electron chi connectivity index (χ2n) is 6.13. The van der Waals surface area contributed by atoms with E-state index < -0.39 is 0 Å². The summed E-state index contributed by atoms with van der Waals surface area (Å²) < 4.78 is 4.59. The fraction of sp³-hybridized carbons (Fsp3) is 0.556. The molecular weight excluding hydrogens is 278 g/mol. The van der Waals surface area contributed by atoms with Gasteiger partial charge in [-0.3, -0.25) is 9.59 Å². The van der Waals surface area contributed by atoms with Crippen LogP contribution in [0.4, 0.5) is 0 Å². The number of rotatable bonds is 6. The predicted molar refractivity (Wildman–Crippen MR) is 85.4 cm³/mol. The third kappa shape index (κ3) is 4.86. The molecule has 4 nitrogen and oxygen atoms in total. The Balaban J connectivity index is 1.99. The lowest BCUT2D eigenvalue weighted by atomic mass is 9.77. The number of benzene rings is 1. The van der Waals surface area contributed by atoms with Gasteiger partial charge in [0.25, 0.3) is 0 Å². The van der Waals surface area contributed by atoms with Crippen LogP contribution in [0.1, 0.15) is 50.5 Å². The third-order valence-electron chi connectivity index (χ3n) is 4.38. The van der Waals surface area contributed by atoms with Crippen LogP contribution in [0.2, 0.25) is 0 Å². The number of nitrogens with one attached hydrogen (secondary N) is 1. The molecule has 0 unspecified atom stereocenters. The molecule has 1 N–H and O–H groups in total. The molecule has 22 heavy (non-hydrogen) atoms. The lowest BCUT2D eigenvalue weighted by molar-refractivity contribution is -0.142. The highest BCUT2D eigenvalue weighted by Gasteiger charge is 2.33. The summed E-state index contributed by atoms with van der Waals surface area (Å²) in [5, 5.41) is 3.21. The molecule has 0 spiro atoms. The van der Waals surface area contributed by atoms with Crippen molar-refractivity contribution in [2.24, 2.45) is 0 Å². The number of ether oxygens (including phenoxy) is 1. The highest BCUT2D eigenvalue weighted by atomic mass is 16.5. The molecule has 0 bridgehead atoms. The van der Waals surface area contributed by atoms with Gasteiger partial charge >= 0.3 is 5.97 Å². The minimum atomic E-state index is -0.337. The summed E-state index contributed by atoms with van der Waals surface area (Å²) in [5.74, 6) is -0.390. The van der Waals surface area contributed by atoms with Crippen LogP contribution in [0.5, 0.6) is 0 Å². The van der Waals surface area contributed by atoms with E-state index in [4.69, 9.17) is 0 Å². The van der Waals surface area contributed by atoms with Crippen LogP contribution < -0.4 is 5.32 Å². The summed E-state index contributed by atoms with van der Waals surface area (Å²) >= 11 is 0. The van der Waals surface area contributed by atoms with E-state index in [1.807, 2.05) is 18.2 Å². The monoisotopic (exact) mass is 303 g/mol. The molecule has 1 amide bonds. The first-order valence-corrected chi connectivity index (χ1v) is 8.05. The number of carbonyl (C=O) groups excluding carboxylic acids is 2. The van der Waals surface area contributed by atoms with Gasteiger partial charge in [-0.2, -0.15) is 0 Å². The fourth-order valence-electron chi connectivity index (χ4n) is 3.24. The Hall–Kier alpha value is -1.84. The fourth-order valence-corrected chi connectivity index (χ4v) is 3.24. The van der Waals surface area contributed by atoms with Crippen molar-refractivity contribution in [3.8, 4) is 0 Å². The minimum Gasteiger partial charge on any atom is -0.469 e. The summed E-state index contributed by atoms with van der Waals surface area (Å²) in [4.78, 5) is 23.4. The van der Waals surface area contributed by atoms with Gasteiger partial charge in [-0.1, -0.05) is 49.6 Å². The molecule has 0 aromatic heterocycles. The second-order valence-corrected chi connectivity index (χ2v) is 6.13. The Bertz CT molecular complexity index is 492. The summed E-state index contributed by atoms with van der Waals surface area (Å²) in [6, 6.07) is 10.3. The molecule has 1 aromatic rings. The van der Waals surface area contributed by atoms with Crippen molar-refractivity contribution in [1.29, 1.82) is 0 Å². The molecule has 0 saturated heterocycles. The Morgan fingerprint density at radius 3 is 2.41 bits per heavy atom. The molecule has 2 rings (SSSR count). The van der Waals surface area contributed by atoms with Gasteiger partial charge in [-0.15, -0.1) is 0 Å². The highest BCUT2D eigenvalue weighted by molar-refractivity contribution is 5.81. The summed E-state index contributed by atoms with van der Waals surface area (Å²) in [5.41, 5.74) is 1.09. The summed E-state index contributed by atoms with van der Waals surface area (Å²) in [7, 11) is 1.35. The number of amides is 1. The molecule has 1 fully saturated rings. The molecule has 0 radical (unpaired) electrons. The van der Waals surface area contributed by atoms with E-state index in [0.717, 1.165) is 32.1 Å². The standard InChI is InChI=1S/C18H25NO3/c1-22-17(21)11-10-16(20)19-18(12-6-3-7-13-18)14-15-8-4-2-5-9-15/h2,4-5,8-9H,3,6-7,10-14H2,1H3,(H,19,20). The lowest BCUT2D eigenvalue weighted by Crippen LogP contribution is -2.51. The van der Waals surface area contributed by atoms with Crippen LogP contribution in [0, 0.1) is 0 Å². The van der Waals surface area contributed by atoms with Crippen LogP contribution in [-0.4, -0.2) is 24.5 Å². The topological polar surface area (TPSA) is 55.4 Å². The van der Waals surface area contributed by atoms with Gasteiger partial charge in [0.1, 0.15) is 0 Å². The number of carbonyl (C=O) groups is 2. The maximum atomic E-state index is 12.2. The maximum Gasteiger partial charge on any atom is 0.306 e. The Kier molecular flexibility index (Phi) is 5.99. The first-order valence-electron chi connectivity index (χ1n) is 8.05. The van der Waals surface area contributed by atoms with Crippen molar-refractivity contribution >= 4 is 11.9 Å². The van der Waals surface area contributed by atoms with Crippen LogP contribution in [-0.2, 0) is 20.7 Å². The van der Waals surface area contributed by atoms with Crippen molar-refractivity contribution in [2.75, 3.05) is 7.11 Å². The van der Waals surface area contributed by atoms with E-state index >= 15 is 0 Å².